The van der Waals surface area contributed by atoms with E-state index in [0.29, 0.717) is 15.1 Å². The molecule has 2 N–H and O–H groups in total. The average Bonchev–Trinajstić information content (AvgIpc) is 2.66. The molecule has 0 spiro atoms. The molecule has 1 aromatic heterocycles. The van der Waals surface area contributed by atoms with Crippen molar-refractivity contribution < 1.29 is 24.5 Å². The zero-order valence-corrected chi connectivity index (χ0v) is 10.4. The lowest BCUT2D eigenvalue weighted by atomic mass is 10.2. The highest BCUT2D eigenvalue weighted by Crippen LogP contribution is 2.41. The van der Waals surface area contributed by atoms with E-state index >= 15 is 0 Å². The Labute approximate surface area is 110 Å². The number of carbonyl (C=O) groups is 2. The van der Waals surface area contributed by atoms with Gasteiger partial charge in [0.1, 0.15) is 0 Å². The molecular weight excluding hydrogens is 280 g/mol. The van der Waals surface area contributed by atoms with Gasteiger partial charge in [0.2, 0.25) is 0 Å². The molecule has 0 aliphatic heterocycles. The second kappa shape index (κ2) is 4.83. The van der Waals surface area contributed by atoms with Crippen molar-refractivity contribution in [2.45, 2.75) is 0 Å². The number of aliphatic carboxylic acids is 1. The van der Waals surface area contributed by atoms with Crippen molar-refractivity contribution in [2.75, 3.05) is 6.61 Å². The highest BCUT2D eigenvalue weighted by Gasteiger charge is 2.21. The van der Waals surface area contributed by atoms with E-state index in [-0.39, 0.29) is 10.6 Å². The molecule has 0 bridgehead atoms. The van der Waals surface area contributed by atoms with E-state index in [9.17, 15) is 9.59 Å². The highest BCUT2D eigenvalue weighted by atomic mass is 35.5. The van der Waals surface area contributed by atoms with Crippen molar-refractivity contribution in [1.29, 1.82) is 0 Å². The predicted octanol–water partition coefficient (Wildman–Crippen LogP) is 2.72. The summed E-state index contributed by atoms with van der Waals surface area (Å²) >= 11 is 6.92. The van der Waals surface area contributed by atoms with Crippen LogP contribution < -0.4 is 4.74 Å². The van der Waals surface area contributed by atoms with Crippen LogP contribution in [0.25, 0.3) is 10.1 Å². The van der Waals surface area contributed by atoms with Gasteiger partial charge in [0.25, 0.3) is 0 Å². The average molecular weight is 287 g/mol. The van der Waals surface area contributed by atoms with E-state index in [1.54, 1.807) is 18.2 Å². The Morgan fingerprint density at radius 3 is 2.67 bits per heavy atom. The SMILES string of the molecule is O=C(O)COc1c(C(=O)O)sc2c(Cl)cccc12. The van der Waals surface area contributed by atoms with Gasteiger partial charge >= 0.3 is 11.9 Å². The summed E-state index contributed by atoms with van der Waals surface area (Å²) in [4.78, 5) is 21.5. The Morgan fingerprint density at radius 2 is 2.06 bits per heavy atom. The summed E-state index contributed by atoms with van der Waals surface area (Å²) in [5.74, 6) is -2.30. The summed E-state index contributed by atoms with van der Waals surface area (Å²) in [7, 11) is 0. The minimum atomic E-state index is -1.17. The van der Waals surface area contributed by atoms with E-state index < -0.39 is 18.5 Å². The maximum absolute atomic E-state index is 11.1. The molecule has 0 fully saturated rings. The number of carboxylic acids is 2. The quantitative estimate of drug-likeness (QED) is 0.903. The van der Waals surface area contributed by atoms with Crippen LogP contribution in [0.3, 0.4) is 0 Å². The Balaban J connectivity index is 2.59. The van der Waals surface area contributed by atoms with Gasteiger partial charge in [0.05, 0.1) is 9.72 Å². The molecule has 1 aromatic carbocycles. The number of halogens is 1. The molecule has 2 rings (SSSR count). The highest BCUT2D eigenvalue weighted by molar-refractivity contribution is 7.21. The normalized spacial score (nSPS) is 10.5. The number of thiophene rings is 1. The van der Waals surface area contributed by atoms with Crippen LogP contribution >= 0.6 is 22.9 Å². The van der Waals surface area contributed by atoms with Crippen LogP contribution in [0.1, 0.15) is 9.67 Å². The fourth-order valence-corrected chi connectivity index (χ4v) is 2.76. The van der Waals surface area contributed by atoms with E-state index in [0.717, 1.165) is 11.3 Å². The van der Waals surface area contributed by atoms with Gasteiger partial charge in [0, 0.05) is 5.39 Å². The summed E-state index contributed by atoms with van der Waals surface area (Å²) in [6.07, 6.45) is 0. The summed E-state index contributed by atoms with van der Waals surface area (Å²) in [5, 5.41) is 18.5. The number of benzene rings is 1. The van der Waals surface area contributed by atoms with E-state index in [4.69, 9.17) is 26.6 Å². The van der Waals surface area contributed by atoms with E-state index in [1.165, 1.54) is 0 Å². The van der Waals surface area contributed by atoms with Crippen molar-refractivity contribution in [1.82, 2.24) is 0 Å². The van der Waals surface area contributed by atoms with Gasteiger partial charge in [0.15, 0.2) is 17.2 Å². The van der Waals surface area contributed by atoms with Crippen molar-refractivity contribution in [3.05, 3.63) is 28.1 Å². The maximum Gasteiger partial charge on any atom is 0.349 e. The first-order valence-electron chi connectivity index (χ1n) is 4.79. The lowest BCUT2D eigenvalue weighted by molar-refractivity contribution is -0.139. The maximum atomic E-state index is 11.1. The molecule has 0 atom stereocenters. The third-order valence-electron chi connectivity index (χ3n) is 2.16. The molecule has 5 nitrogen and oxygen atoms in total. The first-order chi connectivity index (χ1) is 8.50. The molecular formula is C11H7ClO5S. The molecule has 0 saturated heterocycles. The number of fused-ring (bicyclic) bond motifs is 1. The Bertz CT molecular complexity index is 634. The minimum Gasteiger partial charge on any atom is -0.479 e. The smallest absolute Gasteiger partial charge is 0.349 e. The van der Waals surface area contributed by atoms with Gasteiger partial charge in [-0.05, 0) is 12.1 Å². The lowest BCUT2D eigenvalue weighted by Crippen LogP contribution is -2.10. The topological polar surface area (TPSA) is 83.8 Å². The van der Waals surface area contributed by atoms with Gasteiger partial charge in [-0.15, -0.1) is 11.3 Å². The Morgan fingerprint density at radius 1 is 1.33 bits per heavy atom. The molecule has 0 aliphatic carbocycles. The molecule has 0 saturated carbocycles. The molecule has 94 valence electrons. The summed E-state index contributed by atoms with van der Waals surface area (Å²) in [6.45, 7) is -0.599. The predicted molar refractivity (Wildman–Crippen MR) is 66.9 cm³/mol. The first-order valence-corrected chi connectivity index (χ1v) is 5.99. The zero-order valence-electron chi connectivity index (χ0n) is 8.84. The van der Waals surface area contributed by atoms with Crippen molar-refractivity contribution in [3.63, 3.8) is 0 Å². The van der Waals surface area contributed by atoms with Crippen LogP contribution in [0.5, 0.6) is 5.75 Å². The van der Waals surface area contributed by atoms with Crippen LogP contribution in [0.4, 0.5) is 0 Å². The summed E-state index contributed by atoms with van der Waals surface area (Å²) in [6, 6.07) is 4.92. The number of rotatable bonds is 4. The number of aromatic carboxylic acids is 1. The van der Waals surface area contributed by atoms with Crippen LogP contribution in [0.15, 0.2) is 18.2 Å². The van der Waals surface area contributed by atoms with E-state index in [1.807, 2.05) is 0 Å². The molecule has 0 aliphatic rings. The van der Waals surface area contributed by atoms with E-state index in [2.05, 4.69) is 0 Å². The number of hydrogen-bond acceptors (Lipinski definition) is 4. The molecule has 0 amide bonds. The number of carboxylic acid groups (broad SMARTS) is 2. The molecule has 0 radical (unpaired) electrons. The second-order valence-corrected chi connectivity index (χ2v) is 4.79. The van der Waals surface area contributed by atoms with Gasteiger partial charge in [-0.1, -0.05) is 17.7 Å². The third-order valence-corrected chi connectivity index (χ3v) is 3.79. The third kappa shape index (κ3) is 2.25. The van der Waals surface area contributed by atoms with Gasteiger partial charge in [-0.25, -0.2) is 9.59 Å². The molecule has 1 heterocycles. The summed E-state index contributed by atoms with van der Waals surface area (Å²) < 4.78 is 5.61. The zero-order chi connectivity index (χ0) is 13.3. The monoisotopic (exact) mass is 286 g/mol. The van der Waals surface area contributed by atoms with Crippen LogP contribution in [0.2, 0.25) is 5.02 Å². The minimum absolute atomic E-state index is 0.0485. The van der Waals surface area contributed by atoms with Crippen LogP contribution in [-0.2, 0) is 4.79 Å². The fraction of sp³-hybridized carbons (Fsp3) is 0.0909. The summed E-state index contributed by atoms with van der Waals surface area (Å²) in [5.41, 5.74) is 0. The first kappa shape index (κ1) is 12.7. The van der Waals surface area contributed by atoms with Crippen LogP contribution in [0, 0.1) is 0 Å². The molecule has 18 heavy (non-hydrogen) atoms. The standard InChI is InChI=1S/C11H7ClO5S/c12-6-3-1-2-5-8(17-4-7(13)14)10(11(15)16)18-9(5)6/h1-3H,4H2,(H,13,14)(H,15,16). The van der Waals surface area contributed by atoms with Crippen LogP contribution in [-0.4, -0.2) is 28.8 Å². The largest absolute Gasteiger partial charge is 0.479 e. The van der Waals surface area contributed by atoms with Gasteiger partial charge in [-0.2, -0.15) is 0 Å². The Hall–Kier alpha value is -1.79. The Kier molecular flexibility index (Phi) is 3.40. The van der Waals surface area contributed by atoms with Crippen molar-refractivity contribution in [3.8, 4) is 5.75 Å². The number of ether oxygens (including phenoxy) is 1. The second-order valence-electron chi connectivity index (χ2n) is 3.36. The lowest BCUT2D eigenvalue weighted by Gasteiger charge is -2.03. The number of hydrogen-bond donors (Lipinski definition) is 2. The fourth-order valence-electron chi connectivity index (χ4n) is 1.48. The molecule has 7 heteroatoms. The van der Waals surface area contributed by atoms with Gasteiger partial charge in [-0.3, -0.25) is 0 Å². The molecule has 2 aromatic rings. The van der Waals surface area contributed by atoms with Crippen molar-refractivity contribution in [2.24, 2.45) is 0 Å². The van der Waals surface area contributed by atoms with Crippen molar-refractivity contribution >= 4 is 45.0 Å². The van der Waals surface area contributed by atoms with Gasteiger partial charge < -0.3 is 14.9 Å². The molecule has 0 unspecified atom stereocenters.